The molecule has 150 valence electrons. The lowest BCUT2D eigenvalue weighted by atomic mass is 10.1. The number of benzene rings is 2. The number of nitro groups is 1. The fourth-order valence-electron chi connectivity index (χ4n) is 2.81. The van der Waals surface area contributed by atoms with Gasteiger partial charge in [-0.05, 0) is 41.9 Å². The Morgan fingerprint density at radius 3 is 2.52 bits per heavy atom. The largest absolute Gasteiger partial charge is 0.506 e. The summed E-state index contributed by atoms with van der Waals surface area (Å²) in [5.41, 5.74) is 1.17. The molecule has 0 radical (unpaired) electrons. The Labute approximate surface area is 169 Å². The van der Waals surface area contributed by atoms with Gasteiger partial charge in [-0.25, -0.2) is 4.90 Å². The minimum Gasteiger partial charge on any atom is -0.506 e. The molecule has 2 aromatic carbocycles. The number of amides is 3. The molecule has 10 heteroatoms. The van der Waals surface area contributed by atoms with Gasteiger partial charge in [-0.1, -0.05) is 19.1 Å². The molecule has 1 fully saturated rings. The Morgan fingerprint density at radius 2 is 1.93 bits per heavy atom. The number of nitro benzene ring substituents is 1. The molecule has 1 saturated heterocycles. The number of thioether (sulfide) groups is 1. The third kappa shape index (κ3) is 4.37. The SMILES string of the molecule is CCc1ccc(N2C(=O)SC(CC(=O)Nc3ccc([N+](=O)[O-])cc3O)C2=O)cc1. The fourth-order valence-corrected chi connectivity index (χ4v) is 3.80. The van der Waals surface area contributed by atoms with Gasteiger partial charge in [0.15, 0.2) is 0 Å². The number of aryl methyl sites for hydroxylation is 1. The fraction of sp³-hybridized carbons (Fsp3) is 0.211. The van der Waals surface area contributed by atoms with Gasteiger partial charge in [0.25, 0.3) is 10.9 Å². The Hall–Kier alpha value is -3.40. The van der Waals surface area contributed by atoms with E-state index in [4.69, 9.17) is 0 Å². The number of aromatic hydroxyl groups is 1. The van der Waals surface area contributed by atoms with Crippen LogP contribution in [0, 0.1) is 10.1 Å². The van der Waals surface area contributed by atoms with Crippen LogP contribution in [0.5, 0.6) is 5.75 Å². The van der Waals surface area contributed by atoms with Gasteiger partial charge in [0.1, 0.15) is 11.0 Å². The minimum absolute atomic E-state index is 0.0191. The molecule has 1 aliphatic heterocycles. The summed E-state index contributed by atoms with van der Waals surface area (Å²) in [5.74, 6) is -1.56. The van der Waals surface area contributed by atoms with Crippen molar-refractivity contribution in [3.05, 3.63) is 58.1 Å². The van der Waals surface area contributed by atoms with Crippen LogP contribution in [-0.2, 0) is 16.0 Å². The van der Waals surface area contributed by atoms with E-state index >= 15 is 0 Å². The molecule has 2 N–H and O–H groups in total. The van der Waals surface area contributed by atoms with Gasteiger partial charge >= 0.3 is 0 Å². The van der Waals surface area contributed by atoms with Crippen molar-refractivity contribution in [3.63, 3.8) is 0 Å². The number of anilines is 2. The number of phenols is 1. The van der Waals surface area contributed by atoms with Gasteiger partial charge < -0.3 is 10.4 Å². The number of rotatable bonds is 6. The molecule has 29 heavy (non-hydrogen) atoms. The van der Waals surface area contributed by atoms with E-state index in [2.05, 4.69) is 5.32 Å². The monoisotopic (exact) mass is 415 g/mol. The van der Waals surface area contributed by atoms with Crippen molar-refractivity contribution in [3.8, 4) is 5.75 Å². The molecule has 0 aromatic heterocycles. The zero-order valence-corrected chi connectivity index (χ0v) is 16.1. The quantitative estimate of drug-likeness (QED) is 0.420. The van der Waals surface area contributed by atoms with Crippen LogP contribution in [0.2, 0.25) is 0 Å². The van der Waals surface area contributed by atoms with Crippen molar-refractivity contribution in [2.75, 3.05) is 10.2 Å². The van der Waals surface area contributed by atoms with E-state index in [1.54, 1.807) is 12.1 Å². The second kappa shape index (κ2) is 8.31. The number of carbonyl (C=O) groups is 3. The summed E-state index contributed by atoms with van der Waals surface area (Å²) >= 11 is 0.761. The minimum atomic E-state index is -0.895. The van der Waals surface area contributed by atoms with Crippen LogP contribution in [-0.4, -0.2) is 32.3 Å². The third-order valence-corrected chi connectivity index (χ3v) is 5.40. The zero-order valence-electron chi connectivity index (χ0n) is 15.3. The van der Waals surface area contributed by atoms with E-state index in [-0.39, 0.29) is 17.8 Å². The average molecular weight is 415 g/mol. The highest BCUT2D eigenvalue weighted by molar-refractivity contribution is 8.15. The Morgan fingerprint density at radius 1 is 1.24 bits per heavy atom. The van der Waals surface area contributed by atoms with Crippen molar-refractivity contribution in [2.45, 2.75) is 25.0 Å². The van der Waals surface area contributed by atoms with Crippen LogP contribution < -0.4 is 10.2 Å². The number of nitrogens with one attached hydrogen (secondary N) is 1. The summed E-state index contributed by atoms with van der Waals surface area (Å²) in [6, 6.07) is 10.3. The van der Waals surface area contributed by atoms with Gasteiger partial charge in [-0.15, -0.1) is 0 Å². The number of hydrogen-bond acceptors (Lipinski definition) is 7. The number of imide groups is 1. The number of nitrogens with zero attached hydrogens (tertiary/aromatic N) is 2. The van der Waals surface area contributed by atoms with Crippen molar-refractivity contribution in [1.82, 2.24) is 0 Å². The average Bonchev–Trinajstić information content (AvgIpc) is 2.96. The maximum atomic E-state index is 12.6. The van der Waals surface area contributed by atoms with Crippen LogP contribution in [0.25, 0.3) is 0 Å². The molecule has 1 aliphatic rings. The molecule has 3 rings (SSSR count). The smallest absolute Gasteiger partial charge is 0.293 e. The van der Waals surface area contributed by atoms with E-state index in [0.29, 0.717) is 5.69 Å². The molecular weight excluding hydrogens is 398 g/mol. The molecule has 2 aromatic rings. The highest BCUT2D eigenvalue weighted by Gasteiger charge is 2.41. The van der Waals surface area contributed by atoms with Crippen LogP contribution in [0.1, 0.15) is 18.9 Å². The lowest BCUT2D eigenvalue weighted by Crippen LogP contribution is -2.32. The third-order valence-electron chi connectivity index (χ3n) is 4.36. The summed E-state index contributed by atoms with van der Waals surface area (Å²) in [4.78, 5) is 48.2. The first-order valence-electron chi connectivity index (χ1n) is 8.71. The molecule has 1 atom stereocenters. The van der Waals surface area contributed by atoms with Crippen LogP contribution >= 0.6 is 11.8 Å². The van der Waals surface area contributed by atoms with Gasteiger partial charge in [0.2, 0.25) is 11.8 Å². The molecule has 0 bridgehead atoms. The number of carbonyl (C=O) groups excluding carboxylic acids is 3. The molecular formula is C19H17N3O6S. The standard InChI is InChI=1S/C19H17N3O6S/c1-2-11-3-5-12(6-4-11)21-18(25)16(29-19(21)26)10-17(24)20-14-8-7-13(22(27)28)9-15(14)23/h3-9,16,23H,2,10H2,1H3,(H,20,24). The summed E-state index contributed by atoms with van der Waals surface area (Å²) in [6.07, 6.45) is 0.546. The van der Waals surface area contributed by atoms with E-state index in [0.717, 1.165) is 40.8 Å². The first-order chi connectivity index (χ1) is 13.8. The lowest BCUT2D eigenvalue weighted by Gasteiger charge is -2.14. The normalized spacial score (nSPS) is 16.2. The maximum Gasteiger partial charge on any atom is 0.293 e. The highest BCUT2D eigenvalue weighted by Crippen LogP contribution is 2.34. The summed E-state index contributed by atoms with van der Waals surface area (Å²) in [6.45, 7) is 1.99. The topological polar surface area (TPSA) is 130 Å². The van der Waals surface area contributed by atoms with E-state index in [1.807, 2.05) is 19.1 Å². The first-order valence-corrected chi connectivity index (χ1v) is 9.59. The number of hydrogen-bond donors (Lipinski definition) is 2. The summed E-state index contributed by atoms with van der Waals surface area (Å²) in [5, 5.41) is 21.6. The maximum absolute atomic E-state index is 12.6. The van der Waals surface area contributed by atoms with Gasteiger partial charge in [-0.3, -0.25) is 24.5 Å². The van der Waals surface area contributed by atoms with Gasteiger partial charge in [0.05, 0.1) is 22.4 Å². The molecule has 1 unspecified atom stereocenters. The zero-order chi connectivity index (χ0) is 21.1. The Kier molecular flexibility index (Phi) is 5.83. The van der Waals surface area contributed by atoms with Crippen LogP contribution in [0.3, 0.4) is 0 Å². The van der Waals surface area contributed by atoms with Crippen molar-refractivity contribution >= 4 is 45.9 Å². The van der Waals surface area contributed by atoms with Crippen molar-refractivity contribution in [1.29, 1.82) is 0 Å². The molecule has 3 amide bonds. The molecule has 1 heterocycles. The molecule has 0 spiro atoms. The number of non-ortho nitro benzene ring substituents is 1. The van der Waals surface area contributed by atoms with Gasteiger partial charge in [-0.2, -0.15) is 0 Å². The predicted octanol–water partition coefficient (Wildman–Crippen LogP) is 3.46. The summed E-state index contributed by atoms with van der Waals surface area (Å²) < 4.78 is 0. The molecule has 0 saturated carbocycles. The predicted molar refractivity (Wildman–Crippen MR) is 108 cm³/mol. The summed E-state index contributed by atoms with van der Waals surface area (Å²) in [7, 11) is 0. The second-order valence-electron chi connectivity index (χ2n) is 6.28. The van der Waals surface area contributed by atoms with Crippen molar-refractivity contribution in [2.24, 2.45) is 0 Å². The first kappa shape index (κ1) is 20.3. The second-order valence-corrected chi connectivity index (χ2v) is 7.43. The van der Waals surface area contributed by atoms with Crippen LogP contribution in [0.15, 0.2) is 42.5 Å². The van der Waals surface area contributed by atoms with Gasteiger partial charge in [0, 0.05) is 12.5 Å². The van der Waals surface area contributed by atoms with E-state index < -0.39 is 33.0 Å². The Bertz CT molecular complexity index is 992. The molecule has 9 nitrogen and oxygen atoms in total. The van der Waals surface area contributed by atoms with E-state index in [9.17, 15) is 29.6 Å². The Balaban J connectivity index is 1.67. The van der Waals surface area contributed by atoms with Crippen molar-refractivity contribution < 1.29 is 24.4 Å². The van der Waals surface area contributed by atoms with E-state index in [1.165, 1.54) is 6.07 Å². The highest BCUT2D eigenvalue weighted by atomic mass is 32.2. The van der Waals surface area contributed by atoms with Crippen LogP contribution in [0.4, 0.5) is 21.9 Å². The molecule has 0 aliphatic carbocycles. The number of phenolic OH excluding ortho intramolecular Hbond substituents is 1. The lowest BCUT2D eigenvalue weighted by molar-refractivity contribution is -0.384.